The molecule has 0 spiro atoms. The zero-order valence-corrected chi connectivity index (χ0v) is 10.6. The van der Waals surface area contributed by atoms with Gasteiger partial charge in [0.2, 0.25) is 0 Å². The Hall–Kier alpha value is -1.12. The minimum absolute atomic E-state index is 0.320. The number of nitriles is 1. The smallest absolute Gasteiger partial charge is 0.146 e. The first-order valence-corrected chi connectivity index (χ1v) is 5.88. The maximum absolute atomic E-state index is 9.07. The molecule has 1 unspecified atom stereocenters. The highest BCUT2D eigenvalue weighted by molar-refractivity contribution is 9.10. The van der Waals surface area contributed by atoms with Crippen molar-refractivity contribution in [2.24, 2.45) is 0 Å². The topological polar surface area (TPSA) is 49.2 Å². The van der Waals surface area contributed by atoms with Gasteiger partial charge in [0.1, 0.15) is 11.9 Å². The zero-order chi connectivity index (χ0) is 11.5. The third kappa shape index (κ3) is 2.18. The maximum Gasteiger partial charge on any atom is 0.146 e. The predicted octanol–water partition coefficient (Wildman–Crippen LogP) is 1.94. The van der Waals surface area contributed by atoms with Gasteiger partial charge in [0.05, 0.1) is 18.2 Å². The van der Waals surface area contributed by atoms with Gasteiger partial charge >= 0.3 is 0 Å². The SMILES string of the molecule is CN(c1ncc(Br)cc1C#N)C1CCOC1. The second kappa shape index (κ2) is 4.81. The van der Waals surface area contributed by atoms with Gasteiger partial charge < -0.3 is 9.64 Å². The van der Waals surface area contributed by atoms with Crippen molar-refractivity contribution < 1.29 is 4.74 Å². The molecule has 0 aliphatic carbocycles. The molecule has 1 aliphatic heterocycles. The van der Waals surface area contributed by atoms with E-state index in [0.29, 0.717) is 18.2 Å². The summed E-state index contributed by atoms with van der Waals surface area (Å²) in [6, 6.07) is 4.27. The van der Waals surface area contributed by atoms with Crippen LogP contribution in [-0.2, 0) is 4.74 Å². The quantitative estimate of drug-likeness (QED) is 0.831. The molecular weight excluding hydrogens is 270 g/mol. The number of nitrogens with zero attached hydrogens (tertiary/aromatic N) is 3. The Morgan fingerprint density at radius 2 is 2.50 bits per heavy atom. The lowest BCUT2D eigenvalue weighted by Crippen LogP contribution is -2.33. The molecule has 16 heavy (non-hydrogen) atoms. The summed E-state index contributed by atoms with van der Waals surface area (Å²) in [5.74, 6) is 0.723. The van der Waals surface area contributed by atoms with Crippen LogP contribution in [0.4, 0.5) is 5.82 Å². The Morgan fingerprint density at radius 1 is 1.69 bits per heavy atom. The van der Waals surface area contributed by atoms with Crippen molar-refractivity contribution >= 4 is 21.7 Å². The van der Waals surface area contributed by atoms with Gasteiger partial charge in [-0.2, -0.15) is 5.26 Å². The number of hydrogen-bond acceptors (Lipinski definition) is 4. The first kappa shape index (κ1) is 11.4. The molecule has 1 saturated heterocycles. The van der Waals surface area contributed by atoms with Gasteiger partial charge in [0, 0.05) is 24.3 Å². The predicted molar refractivity (Wildman–Crippen MR) is 64.3 cm³/mol. The lowest BCUT2D eigenvalue weighted by atomic mass is 10.2. The summed E-state index contributed by atoms with van der Waals surface area (Å²) in [5, 5.41) is 9.07. The molecule has 1 aromatic rings. The van der Waals surface area contributed by atoms with Crippen molar-refractivity contribution in [1.82, 2.24) is 4.98 Å². The van der Waals surface area contributed by atoms with Crippen molar-refractivity contribution in [3.63, 3.8) is 0 Å². The van der Waals surface area contributed by atoms with Crippen LogP contribution in [0.2, 0.25) is 0 Å². The van der Waals surface area contributed by atoms with Crippen molar-refractivity contribution in [2.45, 2.75) is 12.5 Å². The van der Waals surface area contributed by atoms with Crippen molar-refractivity contribution in [3.8, 4) is 6.07 Å². The minimum Gasteiger partial charge on any atom is -0.379 e. The number of likely N-dealkylation sites (N-methyl/N-ethyl adjacent to an activating group) is 1. The second-order valence-corrected chi connectivity index (χ2v) is 4.68. The zero-order valence-electron chi connectivity index (χ0n) is 8.98. The molecule has 0 aromatic carbocycles. The fourth-order valence-corrected chi connectivity index (χ4v) is 2.13. The molecule has 5 heteroatoms. The van der Waals surface area contributed by atoms with Gasteiger partial charge in [-0.25, -0.2) is 4.98 Å². The van der Waals surface area contributed by atoms with Gasteiger partial charge in [-0.15, -0.1) is 0 Å². The van der Waals surface area contributed by atoms with Crippen molar-refractivity contribution in [1.29, 1.82) is 5.26 Å². The Balaban J connectivity index is 2.28. The summed E-state index contributed by atoms with van der Waals surface area (Å²) in [4.78, 5) is 6.32. The van der Waals surface area contributed by atoms with E-state index >= 15 is 0 Å². The number of hydrogen-bond donors (Lipinski definition) is 0. The van der Waals surface area contributed by atoms with Crippen LogP contribution in [0.3, 0.4) is 0 Å². The Labute approximate surface area is 103 Å². The van der Waals surface area contributed by atoms with Crippen LogP contribution in [-0.4, -0.2) is 31.3 Å². The van der Waals surface area contributed by atoms with Gasteiger partial charge in [0.25, 0.3) is 0 Å². The Morgan fingerprint density at radius 3 is 3.12 bits per heavy atom. The molecule has 0 amide bonds. The monoisotopic (exact) mass is 281 g/mol. The van der Waals surface area contributed by atoms with Gasteiger partial charge in [-0.1, -0.05) is 0 Å². The van der Waals surface area contributed by atoms with Crippen molar-refractivity contribution in [2.75, 3.05) is 25.2 Å². The standard InChI is InChI=1S/C11H12BrN3O/c1-15(10-2-3-16-7-10)11-8(5-13)4-9(12)6-14-11/h4,6,10H,2-3,7H2,1H3. The van der Waals surface area contributed by atoms with Gasteiger partial charge in [0.15, 0.2) is 0 Å². The normalized spacial score (nSPS) is 19.4. The summed E-state index contributed by atoms with van der Waals surface area (Å²) in [6.45, 7) is 1.49. The number of anilines is 1. The van der Waals surface area contributed by atoms with Crippen LogP contribution >= 0.6 is 15.9 Å². The fraction of sp³-hybridized carbons (Fsp3) is 0.455. The third-order valence-electron chi connectivity index (χ3n) is 2.74. The van der Waals surface area contributed by atoms with Crippen molar-refractivity contribution in [3.05, 3.63) is 22.3 Å². The molecule has 2 rings (SSSR count). The minimum atomic E-state index is 0.320. The molecule has 4 nitrogen and oxygen atoms in total. The third-order valence-corrected chi connectivity index (χ3v) is 3.17. The molecule has 0 bridgehead atoms. The van der Waals surface area contributed by atoms with Crippen LogP contribution in [0.1, 0.15) is 12.0 Å². The molecule has 0 radical (unpaired) electrons. The van der Waals surface area contributed by atoms with E-state index in [2.05, 4.69) is 27.0 Å². The number of rotatable bonds is 2. The lowest BCUT2D eigenvalue weighted by molar-refractivity contribution is 0.193. The Kier molecular flexibility index (Phi) is 3.42. The number of pyridine rings is 1. The molecule has 1 fully saturated rings. The lowest BCUT2D eigenvalue weighted by Gasteiger charge is -2.24. The molecule has 1 atom stereocenters. The number of aromatic nitrogens is 1. The van der Waals surface area contributed by atoms with Crippen LogP contribution in [0.25, 0.3) is 0 Å². The summed E-state index contributed by atoms with van der Waals surface area (Å²) in [6.07, 6.45) is 2.70. The molecular formula is C11H12BrN3O. The molecule has 1 aromatic heterocycles. The summed E-state index contributed by atoms with van der Waals surface area (Å²) >= 11 is 3.31. The van der Waals surface area contributed by atoms with E-state index in [1.54, 1.807) is 12.3 Å². The van der Waals surface area contributed by atoms with E-state index in [1.165, 1.54) is 0 Å². The summed E-state index contributed by atoms with van der Waals surface area (Å²) in [7, 11) is 1.95. The fourth-order valence-electron chi connectivity index (χ4n) is 1.80. The van der Waals surface area contributed by atoms with Gasteiger partial charge in [-0.3, -0.25) is 0 Å². The van der Waals surface area contributed by atoms with Crippen LogP contribution in [0.5, 0.6) is 0 Å². The van der Waals surface area contributed by atoms with E-state index in [0.717, 1.165) is 23.3 Å². The van der Waals surface area contributed by atoms with E-state index < -0.39 is 0 Å². The first-order chi connectivity index (χ1) is 7.72. The molecule has 0 saturated carbocycles. The van der Waals surface area contributed by atoms with E-state index in [9.17, 15) is 0 Å². The average molecular weight is 282 g/mol. The Bertz CT molecular complexity index is 424. The average Bonchev–Trinajstić information content (AvgIpc) is 2.81. The van der Waals surface area contributed by atoms with Crippen LogP contribution in [0, 0.1) is 11.3 Å². The number of halogens is 1. The highest BCUT2D eigenvalue weighted by Gasteiger charge is 2.23. The van der Waals surface area contributed by atoms with Crippen LogP contribution in [0.15, 0.2) is 16.7 Å². The first-order valence-electron chi connectivity index (χ1n) is 5.08. The van der Waals surface area contributed by atoms with Crippen LogP contribution < -0.4 is 4.90 Å². The maximum atomic E-state index is 9.07. The molecule has 84 valence electrons. The molecule has 2 heterocycles. The largest absolute Gasteiger partial charge is 0.379 e. The highest BCUT2D eigenvalue weighted by atomic mass is 79.9. The molecule has 0 N–H and O–H groups in total. The van der Waals surface area contributed by atoms with E-state index in [-0.39, 0.29) is 0 Å². The summed E-state index contributed by atoms with van der Waals surface area (Å²) < 4.78 is 6.16. The van der Waals surface area contributed by atoms with E-state index in [1.807, 2.05) is 11.9 Å². The second-order valence-electron chi connectivity index (χ2n) is 3.76. The molecule has 1 aliphatic rings. The number of ether oxygens (including phenoxy) is 1. The highest BCUT2D eigenvalue weighted by Crippen LogP contribution is 2.23. The van der Waals surface area contributed by atoms with E-state index in [4.69, 9.17) is 10.00 Å². The summed E-state index contributed by atoms with van der Waals surface area (Å²) in [5.41, 5.74) is 0.587. The van der Waals surface area contributed by atoms with Gasteiger partial charge in [-0.05, 0) is 28.4 Å².